The molecule has 0 fully saturated rings. The lowest BCUT2D eigenvalue weighted by Gasteiger charge is -2.29. The highest BCUT2D eigenvalue weighted by Crippen LogP contribution is 2.18. The fraction of sp³-hybridized carbons (Fsp3) is 0.263. The monoisotopic (exact) mass is 306 g/mol. The molecule has 0 heterocycles. The van der Waals surface area contributed by atoms with E-state index >= 15 is 0 Å². The molecule has 0 radical (unpaired) electrons. The molecule has 2 rings (SSSR count). The van der Waals surface area contributed by atoms with E-state index in [4.69, 9.17) is 0 Å². The molecule has 0 aliphatic rings. The molecule has 106 valence electrons. The molecule has 21 heavy (non-hydrogen) atoms. The normalized spacial score (nSPS) is 11.3. The summed E-state index contributed by atoms with van der Waals surface area (Å²) in [5.74, 6) is 9.42. The average molecular weight is 307 g/mol. The van der Waals surface area contributed by atoms with Crippen molar-refractivity contribution in [3.8, 4) is 23.3 Å². The molecule has 0 amide bonds. The van der Waals surface area contributed by atoms with Crippen LogP contribution in [0.3, 0.4) is 0 Å². The van der Waals surface area contributed by atoms with Crippen LogP contribution >= 0.6 is 0 Å². The van der Waals surface area contributed by atoms with Crippen LogP contribution < -0.4 is 0 Å². The number of hydrogen-bond donors (Lipinski definition) is 0. The number of fused-ring (bicyclic) bond motifs is 1. The van der Waals surface area contributed by atoms with Crippen molar-refractivity contribution in [2.24, 2.45) is 0 Å². The van der Waals surface area contributed by atoms with Crippen LogP contribution in [-0.4, -0.2) is 15.2 Å². The summed E-state index contributed by atoms with van der Waals surface area (Å²) in [6, 6.07) is 14.6. The van der Waals surface area contributed by atoms with Gasteiger partial charge in [-0.3, -0.25) is 0 Å². The summed E-state index contributed by atoms with van der Waals surface area (Å²) < 4.78 is 0. The van der Waals surface area contributed by atoms with Crippen molar-refractivity contribution in [1.29, 1.82) is 0 Å². The molecular formula is C19H22Si2. The lowest BCUT2D eigenvalue weighted by Crippen LogP contribution is -2.51. The Morgan fingerprint density at radius 2 is 1.43 bits per heavy atom. The largest absolute Gasteiger partial charge is 0.124 e. The van der Waals surface area contributed by atoms with Crippen molar-refractivity contribution in [2.45, 2.75) is 32.7 Å². The summed E-state index contributed by atoms with van der Waals surface area (Å²) in [6.45, 7) is 12.0. The summed E-state index contributed by atoms with van der Waals surface area (Å²) >= 11 is 0. The first-order valence-corrected chi connectivity index (χ1v) is 14.8. The van der Waals surface area contributed by atoms with E-state index in [1.165, 1.54) is 10.8 Å². The molecule has 0 spiro atoms. The number of hydrogen-bond acceptors (Lipinski definition) is 0. The summed E-state index contributed by atoms with van der Waals surface area (Å²) in [7, 11) is -2.58. The summed E-state index contributed by atoms with van der Waals surface area (Å²) in [6.07, 6.45) is 0. The molecule has 2 aromatic rings. The predicted octanol–water partition coefficient (Wildman–Crippen LogP) is 4.86. The second-order valence-corrected chi connectivity index (χ2v) is 23.2. The quantitative estimate of drug-likeness (QED) is 0.521. The first-order chi connectivity index (χ1) is 9.81. The van der Waals surface area contributed by atoms with E-state index in [2.05, 4.69) is 98.5 Å². The van der Waals surface area contributed by atoms with Crippen molar-refractivity contribution in [3.63, 3.8) is 0 Å². The van der Waals surface area contributed by atoms with E-state index in [1.54, 1.807) is 0 Å². The first kappa shape index (κ1) is 15.6. The molecule has 0 N–H and O–H groups in total. The van der Waals surface area contributed by atoms with Crippen LogP contribution in [0.15, 0.2) is 42.5 Å². The van der Waals surface area contributed by atoms with Gasteiger partial charge in [0, 0.05) is 5.56 Å². The zero-order chi connectivity index (χ0) is 15.5. The van der Waals surface area contributed by atoms with Gasteiger partial charge in [0.25, 0.3) is 0 Å². The Hall–Kier alpha value is -1.75. The van der Waals surface area contributed by atoms with Crippen LogP contribution in [0.2, 0.25) is 32.7 Å². The Morgan fingerprint density at radius 3 is 2.14 bits per heavy atom. The summed E-state index contributed by atoms with van der Waals surface area (Å²) in [5.41, 5.74) is 4.56. The molecule has 0 aliphatic heterocycles. The van der Waals surface area contributed by atoms with E-state index in [9.17, 15) is 0 Å². The van der Waals surface area contributed by atoms with Gasteiger partial charge in [0.1, 0.15) is 7.59 Å². The van der Waals surface area contributed by atoms with Gasteiger partial charge in [-0.2, -0.15) is 0 Å². The Labute approximate surface area is 130 Å². The lowest BCUT2D eigenvalue weighted by molar-refractivity contribution is 1.70. The van der Waals surface area contributed by atoms with Crippen molar-refractivity contribution in [1.82, 2.24) is 0 Å². The van der Waals surface area contributed by atoms with Gasteiger partial charge in [-0.05, 0) is 28.7 Å². The Morgan fingerprint density at radius 1 is 0.762 bits per heavy atom. The first-order valence-electron chi connectivity index (χ1n) is 7.32. The molecule has 0 atom stereocenters. The molecule has 0 aromatic heterocycles. The van der Waals surface area contributed by atoms with Crippen LogP contribution in [0.1, 0.15) is 5.56 Å². The number of benzene rings is 2. The van der Waals surface area contributed by atoms with Gasteiger partial charge in [0.2, 0.25) is 0 Å². The van der Waals surface area contributed by atoms with Crippen LogP contribution in [0, 0.1) is 23.3 Å². The maximum Gasteiger partial charge on any atom is 0.124 e. The van der Waals surface area contributed by atoms with Crippen LogP contribution in [0.5, 0.6) is 0 Å². The number of rotatable bonds is 1. The standard InChI is InChI=1S/C19H22Si2/c1-20(2,3)21(4,5)16-9-8-12-18-14-10-13-17-11-6-7-15-19(17)18/h6-7,10-11,13-15H,1-5H3. The second-order valence-electron chi connectivity index (χ2n) is 6.90. The highest BCUT2D eigenvalue weighted by molar-refractivity contribution is 7.43. The molecule has 0 bridgehead atoms. The fourth-order valence-corrected chi connectivity index (χ4v) is 3.87. The van der Waals surface area contributed by atoms with Crippen molar-refractivity contribution >= 4 is 26.0 Å². The third kappa shape index (κ3) is 3.67. The molecule has 0 saturated carbocycles. The maximum atomic E-state index is 3.49. The molecule has 0 saturated heterocycles. The average Bonchev–Trinajstić information content (AvgIpc) is 2.42. The topological polar surface area (TPSA) is 0 Å². The molecule has 0 unspecified atom stereocenters. The maximum absolute atomic E-state index is 3.49. The zero-order valence-corrected chi connectivity index (χ0v) is 15.5. The van der Waals surface area contributed by atoms with E-state index in [0.29, 0.717) is 0 Å². The Bertz CT molecular complexity index is 767. The van der Waals surface area contributed by atoms with Gasteiger partial charge in [-0.25, -0.2) is 0 Å². The van der Waals surface area contributed by atoms with Gasteiger partial charge in [0.15, 0.2) is 0 Å². The van der Waals surface area contributed by atoms with Crippen molar-refractivity contribution < 1.29 is 0 Å². The Kier molecular flexibility index (Phi) is 4.42. The van der Waals surface area contributed by atoms with E-state index in [1.807, 2.05) is 0 Å². The van der Waals surface area contributed by atoms with Crippen molar-refractivity contribution in [3.05, 3.63) is 48.0 Å². The lowest BCUT2D eigenvalue weighted by atomic mass is 10.1. The molecule has 0 aliphatic carbocycles. The van der Waals surface area contributed by atoms with Gasteiger partial charge in [0.05, 0.1) is 7.59 Å². The molecular weight excluding hydrogens is 284 g/mol. The third-order valence-corrected chi connectivity index (χ3v) is 20.4. The highest BCUT2D eigenvalue weighted by Gasteiger charge is 2.35. The minimum absolute atomic E-state index is 1.06. The van der Waals surface area contributed by atoms with Gasteiger partial charge >= 0.3 is 0 Å². The molecule has 0 nitrogen and oxygen atoms in total. The van der Waals surface area contributed by atoms with Crippen molar-refractivity contribution in [2.75, 3.05) is 0 Å². The predicted molar refractivity (Wildman–Crippen MR) is 99.4 cm³/mol. The van der Waals surface area contributed by atoms with Gasteiger partial charge < -0.3 is 0 Å². The van der Waals surface area contributed by atoms with Crippen LogP contribution in [0.25, 0.3) is 10.8 Å². The zero-order valence-electron chi connectivity index (χ0n) is 13.5. The SMILES string of the molecule is C[Si](C)(C)[Si](C)(C)C#CC#Cc1cccc2ccccc12. The van der Waals surface area contributed by atoms with Gasteiger partial charge in [-0.1, -0.05) is 75.1 Å². The summed E-state index contributed by atoms with van der Waals surface area (Å²) in [5, 5.41) is 2.44. The van der Waals surface area contributed by atoms with Gasteiger partial charge in [-0.15, -0.1) is 5.54 Å². The second kappa shape index (κ2) is 5.94. The Balaban J connectivity index is 2.32. The van der Waals surface area contributed by atoms with Crippen LogP contribution in [-0.2, 0) is 0 Å². The summed E-state index contributed by atoms with van der Waals surface area (Å²) in [4.78, 5) is 0. The molecule has 2 heteroatoms. The minimum atomic E-state index is -1.42. The van der Waals surface area contributed by atoms with Crippen LogP contribution in [0.4, 0.5) is 0 Å². The van der Waals surface area contributed by atoms with E-state index in [-0.39, 0.29) is 0 Å². The smallest absolute Gasteiger partial charge is 0.121 e. The minimum Gasteiger partial charge on any atom is -0.121 e. The highest BCUT2D eigenvalue weighted by atomic mass is 29.3. The fourth-order valence-electron chi connectivity index (χ4n) is 1.81. The third-order valence-electron chi connectivity index (χ3n) is 4.30. The van der Waals surface area contributed by atoms with E-state index in [0.717, 1.165) is 5.56 Å². The van der Waals surface area contributed by atoms with E-state index < -0.39 is 15.2 Å². The molecule has 2 aromatic carbocycles.